The Kier molecular flexibility index (Phi) is 5.14. The second-order valence-corrected chi connectivity index (χ2v) is 5.42. The average Bonchev–Trinajstić information content (AvgIpc) is 2.97. The molecule has 22 heavy (non-hydrogen) atoms. The van der Waals surface area contributed by atoms with Crippen LogP contribution in [0.25, 0.3) is 0 Å². The standard InChI is InChI=1S/C16H19NO5/c1-21-16(20)13-8-11(14(17)18)7-12(13)9-22-15(19)10-5-3-2-4-6-10/h2-6,11-13H,7-9H2,1H3,(H2,17,18)/t11-,12+,13-/m0/s1. The minimum Gasteiger partial charge on any atom is -0.469 e. The van der Waals surface area contributed by atoms with E-state index in [4.69, 9.17) is 15.2 Å². The molecule has 3 atom stereocenters. The van der Waals surface area contributed by atoms with Gasteiger partial charge in [0, 0.05) is 11.8 Å². The number of methoxy groups -OCH3 is 1. The van der Waals surface area contributed by atoms with Gasteiger partial charge in [0.15, 0.2) is 0 Å². The normalized spacial score (nSPS) is 23.8. The van der Waals surface area contributed by atoms with Crippen LogP contribution in [0.4, 0.5) is 0 Å². The Hall–Kier alpha value is -2.37. The molecule has 1 aliphatic rings. The van der Waals surface area contributed by atoms with E-state index in [0.29, 0.717) is 18.4 Å². The van der Waals surface area contributed by atoms with E-state index in [-0.39, 0.29) is 18.4 Å². The molecule has 2 N–H and O–H groups in total. The lowest BCUT2D eigenvalue weighted by atomic mass is 9.97. The van der Waals surface area contributed by atoms with Crippen LogP contribution in [-0.4, -0.2) is 31.6 Å². The smallest absolute Gasteiger partial charge is 0.338 e. The highest BCUT2D eigenvalue weighted by Gasteiger charge is 2.42. The molecule has 1 fully saturated rings. The highest BCUT2D eigenvalue weighted by atomic mass is 16.5. The molecule has 1 aromatic rings. The molecule has 1 amide bonds. The molecule has 0 aliphatic heterocycles. The Balaban J connectivity index is 1.98. The van der Waals surface area contributed by atoms with Gasteiger partial charge >= 0.3 is 11.9 Å². The van der Waals surface area contributed by atoms with E-state index < -0.39 is 23.8 Å². The van der Waals surface area contributed by atoms with Crippen molar-refractivity contribution >= 4 is 17.8 Å². The summed E-state index contributed by atoms with van der Waals surface area (Å²) in [5, 5.41) is 0. The summed E-state index contributed by atoms with van der Waals surface area (Å²) in [6.07, 6.45) is 0.771. The van der Waals surface area contributed by atoms with Crippen LogP contribution in [0.1, 0.15) is 23.2 Å². The van der Waals surface area contributed by atoms with Crippen LogP contribution >= 0.6 is 0 Å². The van der Waals surface area contributed by atoms with Crippen molar-refractivity contribution in [3.8, 4) is 0 Å². The second kappa shape index (κ2) is 7.06. The summed E-state index contributed by atoms with van der Waals surface area (Å²) in [4.78, 5) is 35.1. The van der Waals surface area contributed by atoms with Crippen LogP contribution in [0.2, 0.25) is 0 Å². The maximum Gasteiger partial charge on any atom is 0.338 e. The number of hydrogen-bond donors (Lipinski definition) is 1. The molecule has 2 rings (SSSR count). The second-order valence-electron chi connectivity index (χ2n) is 5.42. The maximum absolute atomic E-state index is 11.9. The van der Waals surface area contributed by atoms with Crippen molar-refractivity contribution < 1.29 is 23.9 Å². The third-order valence-electron chi connectivity index (χ3n) is 4.04. The predicted molar refractivity (Wildman–Crippen MR) is 77.6 cm³/mol. The van der Waals surface area contributed by atoms with E-state index >= 15 is 0 Å². The highest BCUT2D eigenvalue weighted by molar-refractivity contribution is 5.89. The van der Waals surface area contributed by atoms with Gasteiger partial charge in [0.05, 0.1) is 25.2 Å². The molecule has 118 valence electrons. The molecule has 0 spiro atoms. The SMILES string of the molecule is COC(=O)[C@H]1C[C@@H](C(N)=O)C[C@@H]1COC(=O)c1ccccc1. The first kappa shape index (κ1) is 16.0. The molecular formula is C16H19NO5. The summed E-state index contributed by atoms with van der Waals surface area (Å²) in [6, 6.07) is 8.60. The lowest BCUT2D eigenvalue weighted by Gasteiger charge is -2.17. The van der Waals surface area contributed by atoms with E-state index in [0.717, 1.165) is 0 Å². The highest BCUT2D eigenvalue weighted by Crippen LogP contribution is 2.37. The quantitative estimate of drug-likeness (QED) is 0.823. The van der Waals surface area contributed by atoms with E-state index in [1.165, 1.54) is 7.11 Å². The fraction of sp³-hybridized carbons (Fsp3) is 0.438. The molecule has 6 heteroatoms. The number of carbonyl (C=O) groups is 3. The molecule has 0 heterocycles. The molecule has 1 aliphatic carbocycles. The van der Waals surface area contributed by atoms with Gasteiger partial charge in [0.1, 0.15) is 0 Å². The summed E-state index contributed by atoms with van der Waals surface area (Å²) in [7, 11) is 1.30. The number of benzene rings is 1. The van der Waals surface area contributed by atoms with E-state index in [1.54, 1.807) is 30.3 Å². The first-order valence-corrected chi connectivity index (χ1v) is 7.12. The van der Waals surface area contributed by atoms with Crippen LogP contribution in [-0.2, 0) is 19.1 Å². The van der Waals surface area contributed by atoms with Crippen LogP contribution in [0.3, 0.4) is 0 Å². The molecule has 0 unspecified atom stereocenters. The average molecular weight is 305 g/mol. The molecule has 1 saturated carbocycles. The Bertz CT molecular complexity index is 557. The number of carbonyl (C=O) groups excluding carboxylic acids is 3. The van der Waals surface area contributed by atoms with E-state index in [1.807, 2.05) is 0 Å². The largest absolute Gasteiger partial charge is 0.469 e. The van der Waals surface area contributed by atoms with E-state index in [2.05, 4.69) is 0 Å². The zero-order valence-corrected chi connectivity index (χ0v) is 12.4. The van der Waals surface area contributed by atoms with Gasteiger partial charge in [0.2, 0.25) is 5.91 Å². The molecular weight excluding hydrogens is 286 g/mol. The van der Waals surface area contributed by atoms with Crippen molar-refractivity contribution in [3.05, 3.63) is 35.9 Å². The van der Waals surface area contributed by atoms with Crippen LogP contribution in [0.15, 0.2) is 30.3 Å². The Morgan fingerprint density at radius 2 is 1.86 bits per heavy atom. The van der Waals surface area contributed by atoms with Crippen molar-refractivity contribution in [2.24, 2.45) is 23.5 Å². The molecule has 1 aromatic carbocycles. The number of hydrogen-bond acceptors (Lipinski definition) is 5. The van der Waals surface area contributed by atoms with Gasteiger partial charge < -0.3 is 15.2 Å². The van der Waals surface area contributed by atoms with Crippen molar-refractivity contribution in [3.63, 3.8) is 0 Å². The molecule has 6 nitrogen and oxygen atoms in total. The van der Waals surface area contributed by atoms with Crippen LogP contribution in [0.5, 0.6) is 0 Å². The van der Waals surface area contributed by atoms with Crippen molar-refractivity contribution in [2.45, 2.75) is 12.8 Å². The summed E-state index contributed by atoms with van der Waals surface area (Å²) >= 11 is 0. The molecule has 0 bridgehead atoms. The molecule has 0 saturated heterocycles. The first-order chi connectivity index (χ1) is 10.5. The van der Waals surface area contributed by atoms with Gasteiger partial charge in [-0.05, 0) is 25.0 Å². The molecule has 0 radical (unpaired) electrons. The summed E-state index contributed by atoms with van der Waals surface area (Å²) in [5.74, 6) is -2.39. The monoisotopic (exact) mass is 305 g/mol. The maximum atomic E-state index is 11.9. The minimum atomic E-state index is -0.467. The number of ether oxygens (including phenoxy) is 2. The Morgan fingerprint density at radius 1 is 1.18 bits per heavy atom. The van der Waals surface area contributed by atoms with Gasteiger partial charge in [-0.3, -0.25) is 9.59 Å². The van der Waals surface area contributed by atoms with Gasteiger partial charge in [-0.2, -0.15) is 0 Å². The van der Waals surface area contributed by atoms with Crippen LogP contribution < -0.4 is 5.73 Å². The van der Waals surface area contributed by atoms with Gasteiger partial charge in [-0.1, -0.05) is 18.2 Å². The van der Waals surface area contributed by atoms with Crippen molar-refractivity contribution in [1.82, 2.24) is 0 Å². The number of amides is 1. The fourth-order valence-corrected chi connectivity index (χ4v) is 2.82. The van der Waals surface area contributed by atoms with Crippen molar-refractivity contribution in [1.29, 1.82) is 0 Å². The van der Waals surface area contributed by atoms with Gasteiger partial charge in [0.25, 0.3) is 0 Å². The van der Waals surface area contributed by atoms with Gasteiger partial charge in [-0.25, -0.2) is 4.79 Å². The first-order valence-electron chi connectivity index (χ1n) is 7.12. The van der Waals surface area contributed by atoms with Crippen LogP contribution in [0, 0.1) is 17.8 Å². The zero-order valence-electron chi connectivity index (χ0n) is 12.4. The Labute approximate surface area is 128 Å². The third kappa shape index (κ3) is 3.63. The topological polar surface area (TPSA) is 95.7 Å². The lowest BCUT2D eigenvalue weighted by molar-refractivity contribution is -0.147. The Morgan fingerprint density at radius 3 is 2.45 bits per heavy atom. The number of rotatable bonds is 5. The summed E-state index contributed by atoms with van der Waals surface area (Å²) < 4.78 is 10.0. The number of nitrogens with two attached hydrogens (primary N) is 1. The predicted octanol–water partition coefficient (Wildman–Crippen LogP) is 1.14. The van der Waals surface area contributed by atoms with E-state index in [9.17, 15) is 14.4 Å². The minimum absolute atomic E-state index is 0.0667. The summed E-state index contributed by atoms with van der Waals surface area (Å²) in [5.41, 5.74) is 5.76. The van der Waals surface area contributed by atoms with Gasteiger partial charge in [-0.15, -0.1) is 0 Å². The fourth-order valence-electron chi connectivity index (χ4n) is 2.82. The summed E-state index contributed by atoms with van der Waals surface area (Å²) in [6.45, 7) is 0.0667. The van der Waals surface area contributed by atoms with Crippen molar-refractivity contribution in [2.75, 3.05) is 13.7 Å². The number of esters is 2. The lowest BCUT2D eigenvalue weighted by Crippen LogP contribution is -2.25. The number of primary amides is 1. The zero-order chi connectivity index (χ0) is 16.1. The third-order valence-corrected chi connectivity index (χ3v) is 4.04. The molecule has 0 aromatic heterocycles.